The minimum absolute atomic E-state index is 0.505. The van der Waals surface area contributed by atoms with Crippen molar-refractivity contribution in [2.24, 2.45) is 5.73 Å². The first-order valence-corrected chi connectivity index (χ1v) is 4.49. The Balaban J connectivity index is 2.64. The van der Waals surface area contributed by atoms with Crippen molar-refractivity contribution in [3.05, 3.63) is 30.2 Å². The van der Waals surface area contributed by atoms with E-state index in [0.29, 0.717) is 6.54 Å². The third kappa shape index (κ3) is 1.31. The van der Waals surface area contributed by atoms with Crippen LogP contribution in [0.1, 0.15) is 12.6 Å². The third-order valence-electron chi connectivity index (χ3n) is 2.26. The van der Waals surface area contributed by atoms with Crippen LogP contribution in [0, 0.1) is 0 Å². The van der Waals surface area contributed by atoms with Crippen molar-refractivity contribution in [1.29, 1.82) is 0 Å². The lowest BCUT2D eigenvalue weighted by molar-refractivity contribution is 0.796. The van der Waals surface area contributed by atoms with Crippen molar-refractivity contribution in [3.8, 4) is 0 Å². The molecule has 0 aliphatic heterocycles. The van der Waals surface area contributed by atoms with Gasteiger partial charge in [0.05, 0.1) is 11.2 Å². The van der Waals surface area contributed by atoms with E-state index >= 15 is 0 Å². The molecule has 0 amide bonds. The molecule has 68 valence electrons. The van der Waals surface area contributed by atoms with E-state index in [9.17, 15) is 0 Å². The van der Waals surface area contributed by atoms with Crippen molar-refractivity contribution >= 4 is 10.9 Å². The lowest BCUT2D eigenvalue weighted by Gasteiger charge is -2.01. The molecule has 0 saturated heterocycles. The van der Waals surface area contributed by atoms with Crippen LogP contribution in [0.5, 0.6) is 0 Å². The molecule has 0 saturated carbocycles. The third-order valence-corrected chi connectivity index (χ3v) is 2.26. The van der Waals surface area contributed by atoms with Crippen LogP contribution in [0.25, 0.3) is 10.9 Å². The van der Waals surface area contributed by atoms with Crippen molar-refractivity contribution < 1.29 is 0 Å². The quantitative estimate of drug-likeness (QED) is 0.752. The minimum Gasteiger partial charge on any atom is -0.348 e. The van der Waals surface area contributed by atoms with Gasteiger partial charge < -0.3 is 10.3 Å². The van der Waals surface area contributed by atoms with Crippen molar-refractivity contribution in [2.75, 3.05) is 0 Å². The standard InChI is InChI=1S/C10H13N3/c1-2-13-4-3-8-7-12-9(6-11)5-10(8)13/h3-5,7H,2,6,11H2,1H3. The first kappa shape index (κ1) is 8.26. The lowest BCUT2D eigenvalue weighted by Crippen LogP contribution is -2.00. The first-order valence-electron chi connectivity index (χ1n) is 4.49. The topological polar surface area (TPSA) is 43.8 Å². The van der Waals surface area contributed by atoms with Crippen LogP contribution in [-0.2, 0) is 13.1 Å². The summed E-state index contributed by atoms with van der Waals surface area (Å²) in [6.07, 6.45) is 3.95. The van der Waals surface area contributed by atoms with E-state index < -0.39 is 0 Å². The Hall–Kier alpha value is -1.35. The zero-order chi connectivity index (χ0) is 9.26. The molecule has 3 heteroatoms. The molecule has 0 aliphatic rings. The smallest absolute Gasteiger partial charge is 0.0560 e. The van der Waals surface area contributed by atoms with E-state index in [4.69, 9.17) is 5.73 Å². The predicted octanol–water partition coefficient (Wildman–Crippen LogP) is 1.51. The molecule has 0 aromatic carbocycles. The molecule has 0 atom stereocenters. The number of hydrogen-bond acceptors (Lipinski definition) is 2. The number of fused-ring (bicyclic) bond motifs is 1. The highest BCUT2D eigenvalue weighted by Gasteiger charge is 2.00. The van der Waals surface area contributed by atoms with Crippen LogP contribution >= 0.6 is 0 Å². The van der Waals surface area contributed by atoms with Crippen molar-refractivity contribution in [3.63, 3.8) is 0 Å². The Kier molecular flexibility index (Phi) is 2.02. The molecule has 2 aromatic heterocycles. The number of rotatable bonds is 2. The molecule has 2 heterocycles. The van der Waals surface area contributed by atoms with Gasteiger partial charge in [0.2, 0.25) is 0 Å². The SMILES string of the molecule is CCn1ccc2cnc(CN)cc21. The molecule has 0 spiro atoms. The van der Waals surface area contributed by atoms with Gasteiger partial charge in [0, 0.05) is 30.9 Å². The van der Waals surface area contributed by atoms with Gasteiger partial charge in [0.25, 0.3) is 0 Å². The second kappa shape index (κ2) is 3.18. The highest BCUT2D eigenvalue weighted by Crippen LogP contribution is 2.15. The van der Waals surface area contributed by atoms with E-state index in [0.717, 1.165) is 12.2 Å². The second-order valence-corrected chi connectivity index (χ2v) is 3.04. The van der Waals surface area contributed by atoms with Crippen LogP contribution in [0.15, 0.2) is 24.5 Å². The maximum absolute atomic E-state index is 5.53. The van der Waals surface area contributed by atoms with Crippen LogP contribution in [0.4, 0.5) is 0 Å². The van der Waals surface area contributed by atoms with Crippen molar-refractivity contribution in [2.45, 2.75) is 20.0 Å². The number of nitrogens with zero attached hydrogens (tertiary/aromatic N) is 2. The maximum atomic E-state index is 5.53. The van der Waals surface area contributed by atoms with Gasteiger partial charge in [-0.25, -0.2) is 0 Å². The monoisotopic (exact) mass is 175 g/mol. The van der Waals surface area contributed by atoms with E-state index in [-0.39, 0.29) is 0 Å². The fourth-order valence-electron chi connectivity index (χ4n) is 1.51. The molecule has 0 radical (unpaired) electrons. The number of aromatic nitrogens is 2. The number of hydrogen-bond donors (Lipinski definition) is 1. The summed E-state index contributed by atoms with van der Waals surface area (Å²) in [4.78, 5) is 4.23. The average Bonchev–Trinajstić information content (AvgIpc) is 2.59. The van der Waals surface area contributed by atoms with Crippen molar-refractivity contribution in [1.82, 2.24) is 9.55 Å². The van der Waals surface area contributed by atoms with E-state index in [1.165, 1.54) is 10.9 Å². The van der Waals surface area contributed by atoms with Gasteiger partial charge in [-0.2, -0.15) is 0 Å². The summed E-state index contributed by atoms with van der Waals surface area (Å²) in [5.74, 6) is 0. The van der Waals surface area contributed by atoms with Gasteiger partial charge in [-0.1, -0.05) is 0 Å². The molecule has 0 aliphatic carbocycles. The molecule has 2 N–H and O–H groups in total. The molecule has 0 unspecified atom stereocenters. The van der Waals surface area contributed by atoms with Crippen LogP contribution in [-0.4, -0.2) is 9.55 Å². The van der Waals surface area contributed by atoms with E-state index in [1.807, 2.05) is 6.20 Å². The average molecular weight is 175 g/mol. The summed E-state index contributed by atoms with van der Waals surface area (Å²) < 4.78 is 2.19. The minimum atomic E-state index is 0.505. The zero-order valence-electron chi connectivity index (χ0n) is 7.70. The van der Waals surface area contributed by atoms with Gasteiger partial charge in [-0.15, -0.1) is 0 Å². The summed E-state index contributed by atoms with van der Waals surface area (Å²) in [5.41, 5.74) is 7.69. The van der Waals surface area contributed by atoms with Gasteiger partial charge in [0.15, 0.2) is 0 Å². The Labute approximate surface area is 77.2 Å². The lowest BCUT2D eigenvalue weighted by atomic mass is 10.3. The maximum Gasteiger partial charge on any atom is 0.0560 e. The zero-order valence-corrected chi connectivity index (χ0v) is 7.70. The Morgan fingerprint density at radius 2 is 2.38 bits per heavy atom. The van der Waals surface area contributed by atoms with Crippen LogP contribution in [0.3, 0.4) is 0 Å². The Bertz CT molecular complexity index is 417. The molecule has 3 nitrogen and oxygen atoms in total. The Morgan fingerprint density at radius 1 is 1.54 bits per heavy atom. The van der Waals surface area contributed by atoms with Gasteiger partial charge >= 0.3 is 0 Å². The molecular formula is C10H13N3. The Morgan fingerprint density at radius 3 is 3.08 bits per heavy atom. The highest BCUT2D eigenvalue weighted by atomic mass is 14.9. The summed E-state index contributed by atoms with van der Waals surface area (Å²) in [5, 5.41) is 1.18. The molecule has 2 aromatic rings. The number of nitrogens with two attached hydrogens (primary N) is 1. The summed E-state index contributed by atoms with van der Waals surface area (Å²) in [6, 6.07) is 4.13. The van der Waals surface area contributed by atoms with E-state index in [2.05, 4.69) is 34.8 Å². The second-order valence-electron chi connectivity index (χ2n) is 3.04. The summed E-state index contributed by atoms with van der Waals surface area (Å²) in [7, 11) is 0. The molecule has 0 fully saturated rings. The van der Waals surface area contributed by atoms with Gasteiger partial charge in [-0.05, 0) is 19.1 Å². The molecule has 2 rings (SSSR count). The molecule has 0 bridgehead atoms. The largest absolute Gasteiger partial charge is 0.348 e. The summed E-state index contributed by atoms with van der Waals surface area (Å²) >= 11 is 0. The van der Waals surface area contributed by atoms with Crippen LogP contribution in [0.2, 0.25) is 0 Å². The number of aryl methyl sites for hydroxylation is 1. The van der Waals surface area contributed by atoms with Crippen LogP contribution < -0.4 is 5.73 Å². The van der Waals surface area contributed by atoms with Gasteiger partial charge in [-0.3, -0.25) is 4.98 Å². The van der Waals surface area contributed by atoms with Gasteiger partial charge in [0.1, 0.15) is 0 Å². The number of pyridine rings is 1. The first-order chi connectivity index (χ1) is 6.35. The molecular weight excluding hydrogens is 162 g/mol. The highest BCUT2D eigenvalue weighted by molar-refractivity contribution is 5.79. The fourth-order valence-corrected chi connectivity index (χ4v) is 1.51. The normalized spacial score (nSPS) is 10.9. The summed E-state index contributed by atoms with van der Waals surface area (Å²) in [6.45, 7) is 3.62. The fraction of sp³-hybridized carbons (Fsp3) is 0.300. The van der Waals surface area contributed by atoms with E-state index in [1.54, 1.807) is 0 Å². The predicted molar refractivity (Wildman–Crippen MR) is 53.3 cm³/mol. The molecule has 13 heavy (non-hydrogen) atoms.